The van der Waals surface area contributed by atoms with E-state index in [2.05, 4.69) is 4.72 Å². The second-order valence-corrected chi connectivity index (χ2v) is 6.15. The minimum absolute atomic E-state index is 0.0470. The van der Waals surface area contributed by atoms with Gasteiger partial charge >= 0.3 is 0 Å². The predicted molar refractivity (Wildman–Crippen MR) is 76.3 cm³/mol. The van der Waals surface area contributed by atoms with Crippen LogP contribution in [-0.2, 0) is 10.0 Å². The molecule has 1 atom stereocenters. The molecule has 0 fully saturated rings. The fourth-order valence-electron chi connectivity index (χ4n) is 1.98. The lowest BCUT2D eigenvalue weighted by atomic mass is 10.1. The molecule has 0 saturated heterocycles. The van der Waals surface area contributed by atoms with Crippen LogP contribution in [0.2, 0.25) is 0 Å². The summed E-state index contributed by atoms with van der Waals surface area (Å²) >= 11 is 0. The Morgan fingerprint density at radius 3 is 2.43 bits per heavy atom. The summed E-state index contributed by atoms with van der Waals surface area (Å²) in [7, 11) is -3.91. The van der Waals surface area contributed by atoms with Crippen LogP contribution in [-0.4, -0.2) is 8.42 Å². The molecule has 21 heavy (non-hydrogen) atoms. The fourth-order valence-corrected chi connectivity index (χ4v) is 3.36. The Hall–Kier alpha value is -2.23. The zero-order valence-electron chi connectivity index (χ0n) is 11.2. The van der Waals surface area contributed by atoms with Gasteiger partial charge in [-0.25, -0.2) is 17.5 Å². The molecule has 108 valence electrons. The van der Waals surface area contributed by atoms with Crippen molar-refractivity contribution < 1.29 is 12.8 Å². The van der Waals surface area contributed by atoms with Gasteiger partial charge in [0.2, 0.25) is 10.0 Å². The number of rotatable bonds is 4. The molecule has 2 aromatic carbocycles. The van der Waals surface area contributed by atoms with Gasteiger partial charge in [0.05, 0.1) is 10.5 Å². The standard InChI is InChI=1S/C15H13FN2O2S/c1-11(13-7-3-4-8-14(13)16)18-21(19,20)15-9-5-2-6-12(15)10-17/h2-9,11,18H,1H3. The van der Waals surface area contributed by atoms with Gasteiger partial charge in [-0.3, -0.25) is 0 Å². The van der Waals surface area contributed by atoms with Crippen LogP contribution in [0, 0.1) is 17.1 Å². The highest BCUT2D eigenvalue weighted by molar-refractivity contribution is 7.89. The molecule has 0 heterocycles. The molecular formula is C15H13FN2O2S. The topological polar surface area (TPSA) is 70.0 Å². The van der Waals surface area contributed by atoms with Crippen LogP contribution in [0.1, 0.15) is 24.1 Å². The lowest BCUT2D eigenvalue weighted by Crippen LogP contribution is -2.28. The van der Waals surface area contributed by atoms with Crippen molar-refractivity contribution in [2.24, 2.45) is 0 Å². The normalized spacial score (nSPS) is 12.6. The fraction of sp³-hybridized carbons (Fsp3) is 0.133. The number of benzene rings is 2. The molecule has 0 aliphatic heterocycles. The van der Waals surface area contributed by atoms with Crippen molar-refractivity contribution in [3.63, 3.8) is 0 Å². The van der Waals surface area contributed by atoms with Crippen LogP contribution < -0.4 is 4.72 Å². The lowest BCUT2D eigenvalue weighted by Gasteiger charge is -2.15. The summed E-state index contributed by atoms with van der Waals surface area (Å²) < 4.78 is 40.7. The van der Waals surface area contributed by atoms with Crippen molar-refractivity contribution in [3.8, 4) is 6.07 Å². The monoisotopic (exact) mass is 304 g/mol. The first kappa shape index (κ1) is 15.2. The van der Waals surface area contributed by atoms with Gasteiger partial charge in [-0.05, 0) is 25.1 Å². The van der Waals surface area contributed by atoms with Gasteiger partial charge in [-0.15, -0.1) is 0 Å². The van der Waals surface area contributed by atoms with E-state index in [0.717, 1.165) is 0 Å². The maximum atomic E-state index is 13.7. The Bertz CT molecular complexity index is 797. The Morgan fingerprint density at radius 2 is 1.76 bits per heavy atom. The first-order chi connectivity index (χ1) is 9.95. The molecule has 1 N–H and O–H groups in total. The second kappa shape index (κ2) is 6.04. The number of hydrogen-bond acceptors (Lipinski definition) is 3. The highest BCUT2D eigenvalue weighted by atomic mass is 32.2. The van der Waals surface area contributed by atoms with Crippen LogP contribution in [0.15, 0.2) is 53.4 Å². The minimum Gasteiger partial charge on any atom is -0.207 e. The molecule has 6 heteroatoms. The molecule has 1 unspecified atom stereocenters. The maximum Gasteiger partial charge on any atom is 0.242 e. The molecule has 4 nitrogen and oxygen atoms in total. The summed E-state index contributed by atoms with van der Waals surface area (Å²) in [6.45, 7) is 1.55. The number of nitrogens with one attached hydrogen (secondary N) is 1. The molecule has 0 bridgehead atoms. The van der Waals surface area contributed by atoms with E-state index in [0.29, 0.717) is 0 Å². The number of nitrogens with zero attached hydrogens (tertiary/aromatic N) is 1. The van der Waals surface area contributed by atoms with E-state index < -0.39 is 21.9 Å². The highest BCUT2D eigenvalue weighted by Crippen LogP contribution is 2.21. The van der Waals surface area contributed by atoms with E-state index in [9.17, 15) is 12.8 Å². The molecule has 0 amide bonds. The zero-order valence-corrected chi connectivity index (χ0v) is 12.1. The third-order valence-electron chi connectivity index (χ3n) is 3.00. The van der Waals surface area contributed by atoms with E-state index >= 15 is 0 Å². The Morgan fingerprint density at radius 1 is 1.14 bits per heavy atom. The summed E-state index contributed by atoms with van der Waals surface area (Å²) in [4.78, 5) is -0.115. The molecule has 0 aliphatic rings. The van der Waals surface area contributed by atoms with Crippen LogP contribution in [0.5, 0.6) is 0 Å². The van der Waals surface area contributed by atoms with E-state index in [1.165, 1.54) is 36.4 Å². The molecular weight excluding hydrogens is 291 g/mol. The SMILES string of the molecule is CC(NS(=O)(=O)c1ccccc1C#N)c1ccccc1F. The third kappa shape index (κ3) is 3.27. The van der Waals surface area contributed by atoms with Gasteiger partial charge in [0.1, 0.15) is 11.9 Å². The lowest BCUT2D eigenvalue weighted by molar-refractivity contribution is 0.550. The summed E-state index contributed by atoms with van der Waals surface area (Å²) in [6.07, 6.45) is 0. The van der Waals surface area contributed by atoms with E-state index in [1.54, 1.807) is 19.1 Å². The first-order valence-electron chi connectivity index (χ1n) is 6.21. The van der Waals surface area contributed by atoms with Gasteiger partial charge in [-0.2, -0.15) is 5.26 Å². The summed E-state index contributed by atoms with van der Waals surface area (Å²) in [6, 6.07) is 12.9. The Balaban J connectivity index is 2.34. The summed E-state index contributed by atoms with van der Waals surface area (Å²) in [5, 5.41) is 8.97. The van der Waals surface area contributed by atoms with Crippen LogP contribution in [0.3, 0.4) is 0 Å². The van der Waals surface area contributed by atoms with Gasteiger partial charge in [-0.1, -0.05) is 30.3 Å². The number of halogens is 1. The molecule has 0 spiro atoms. The van der Waals surface area contributed by atoms with Crippen LogP contribution in [0.25, 0.3) is 0 Å². The van der Waals surface area contributed by atoms with Gasteiger partial charge in [0.25, 0.3) is 0 Å². The maximum absolute atomic E-state index is 13.7. The van der Waals surface area contributed by atoms with Crippen molar-refractivity contribution in [3.05, 3.63) is 65.5 Å². The number of sulfonamides is 1. The highest BCUT2D eigenvalue weighted by Gasteiger charge is 2.22. The van der Waals surface area contributed by atoms with Crippen LogP contribution >= 0.6 is 0 Å². The third-order valence-corrected chi connectivity index (χ3v) is 4.60. The minimum atomic E-state index is -3.91. The van der Waals surface area contributed by atoms with Gasteiger partial charge < -0.3 is 0 Å². The average molecular weight is 304 g/mol. The molecule has 0 radical (unpaired) electrons. The predicted octanol–water partition coefficient (Wildman–Crippen LogP) is 2.74. The first-order valence-corrected chi connectivity index (χ1v) is 7.70. The summed E-state index contributed by atoms with van der Waals surface area (Å²) in [5.74, 6) is -0.485. The molecule has 2 aromatic rings. The Labute approximate surface area is 122 Å². The molecule has 0 aliphatic carbocycles. The number of nitriles is 1. The van der Waals surface area contributed by atoms with Crippen LogP contribution in [0.4, 0.5) is 4.39 Å². The van der Waals surface area contributed by atoms with Crippen molar-refractivity contribution in [2.75, 3.05) is 0 Å². The van der Waals surface area contributed by atoms with Crippen molar-refractivity contribution in [1.29, 1.82) is 5.26 Å². The average Bonchev–Trinajstić information content (AvgIpc) is 2.47. The van der Waals surface area contributed by atoms with E-state index in [1.807, 2.05) is 6.07 Å². The zero-order chi connectivity index (χ0) is 15.5. The largest absolute Gasteiger partial charge is 0.242 e. The van der Waals surface area contributed by atoms with Gasteiger partial charge in [0.15, 0.2) is 0 Å². The number of hydrogen-bond donors (Lipinski definition) is 1. The van der Waals surface area contributed by atoms with Gasteiger partial charge in [0, 0.05) is 11.6 Å². The van der Waals surface area contributed by atoms with E-state index in [4.69, 9.17) is 5.26 Å². The summed E-state index contributed by atoms with van der Waals surface area (Å²) in [5.41, 5.74) is 0.293. The second-order valence-electron chi connectivity index (χ2n) is 4.47. The molecule has 0 aromatic heterocycles. The quantitative estimate of drug-likeness (QED) is 0.944. The van der Waals surface area contributed by atoms with Crippen molar-refractivity contribution >= 4 is 10.0 Å². The molecule has 0 saturated carbocycles. The van der Waals surface area contributed by atoms with E-state index in [-0.39, 0.29) is 16.0 Å². The van der Waals surface area contributed by atoms with Crippen molar-refractivity contribution in [1.82, 2.24) is 4.72 Å². The van der Waals surface area contributed by atoms with Crippen molar-refractivity contribution in [2.45, 2.75) is 17.9 Å². The Kier molecular flexibility index (Phi) is 4.36. The molecule has 2 rings (SSSR count). The smallest absolute Gasteiger partial charge is 0.207 e.